The van der Waals surface area contributed by atoms with E-state index in [1.54, 1.807) is 0 Å². The molecule has 0 bridgehead atoms. The van der Waals surface area contributed by atoms with E-state index in [0.29, 0.717) is 12.2 Å². The van der Waals surface area contributed by atoms with Gasteiger partial charge in [0.05, 0.1) is 13.5 Å². The van der Waals surface area contributed by atoms with Gasteiger partial charge in [-0.15, -0.1) is 10.2 Å². The number of esters is 1. The summed E-state index contributed by atoms with van der Waals surface area (Å²) in [5, 5.41) is 12.2. The number of nitrogens with zero attached hydrogens (tertiary/aromatic N) is 2. The van der Waals surface area contributed by atoms with Crippen LogP contribution in [-0.4, -0.2) is 35.6 Å². The van der Waals surface area contributed by atoms with E-state index in [2.05, 4.69) is 32.4 Å². The van der Waals surface area contributed by atoms with Crippen LogP contribution in [0.1, 0.15) is 12.0 Å². The van der Waals surface area contributed by atoms with Gasteiger partial charge in [-0.3, -0.25) is 4.79 Å². The lowest BCUT2D eigenvalue weighted by Crippen LogP contribution is -2.04. The van der Waals surface area contributed by atoms with Crippen molar-refractivity contribution in [2.45, 2.75) is 17.2 Å². The van der Waals surface area contributed by atoms with Gasteiger partial charge in [0.1, 0.15) is 0 Å². The number of aromatic nitrogens is 2. The zero-order valence-electron chi connectivity index (χ0n) is 11.7. The van der Waals surface area contributed by atoms with Crippen LogP contribution in [0, 0.1) is 0 Å². The lowest BCUT2D eigenvalue weighted by Gasteiger charge is -2.01. The maximum Gasteiger partial charge on any atom is 0.306 e. The first-order valence-electron chi connectivity index (χ1n) is 6.59. The maximum atomic E-state index is 11.0. The number of nitrogens with one attached hydrogen (secondary N) is 1. The molecule has 0 unspecified atom stereocenters. The molecule has 2 rings (SSSR count). The van der Waals surface area contributed by atoms with Gasteiger partial charge < -0.3 is 10.1 Å². The van der Waals surface area contributed by atoms with Crippen LogP contribution in [0.3, 0.4) is 0 Å². The van der Waals surface area contributed by atoms with Crippen molar-refractivity contribution < 1.29 is 9.53 Å². The van der Waals surface area contributed by atoms with E-state index in [0.717, 1.165) is 22.4 Å². The summed E-state index contributed by atoms with van der Waals surface area (Å²) in [5.74, 6) is 0.457. The lowest BCUT2D eigenvalue weighted by molar-refractivity contribution is -0.140. The van der Waals surface area contributed by atoms with Crippen molar-refractivity contribution in [2.24, 2.45) is 0 Å². The molecule has 0 amide bonds. The maximum absolute atomic E-state index is 11.0. The predicted octanol–water partition coefficient (Wildman–Crippen LogP) is 2.85. The molecule has 0 aliphatic heterocycles. The number of anilines is 1. The van der Waals surface area contributed by atoms with Crippen molar-refractivity contribution in [1.82, 2.24) is 10.2 Å². The third-order valence-corrected chi connectivity index (χ3v) is 4.71. The summed E-state index contributed by atoms with van der Waals surface area (Å²) in [6, 6.07) is 10.3. The van der Waals surface area contributed by atoms with Crippen molar-refractivity contribution in [3.8, 4) is 0 Å². The predicted molar refractivity (Wildman–Crippen MR) is 85.9 cm³/mol. The van der Waals surface area contributed by atoms with E-state index >= 15 is 0 Å². The monoisotopic (exact) mass is 323 g/mol. The van der Waals surface area contributed by atoms with E-state index in [4.69, 9.17) is 0 Å². The largest absolute Gasteiger partial charge is 0.469 e. The molecule has 0 aliphatic carbocycles. The fraction of sp³-hybridized carbons (Fsp3) is 0.357. The average Bonchev–Trinajstić information content (AvgIpc) is 2.96. The molecule has 0 aliphatic rings. The van der Waals surface area contributed by atoms with Crippen molar-refractivity contribution in [2.75, 3.05) is 24.7 Å². The third kappa shape index (κ3) is 5.73. The fourth-order valence-electron chi connectivity index (χ4n) is 1.62. The van der Waals surface area contributed by atoms with Crippen LogP contribution in [-0.2, 0) is 16.0 Å². The van der Waals surface area contributed by atoms with Gasteiger partial charge in [0.2, 0.25) is 5.13 Å². The molecule has 0 spiro atoms. The molecule has 0 saturated carbocycles. The normalized spacial score (nSPS) is 10.3. The molecule has 7 heteroatoms. The molecule has 0 saturated heterocycles. The number of hydrogen-bond acceptors (Lipinski definition) is 7. The second-order valence-electron chi connectivity index (χ2n) is 4.21. The van der Waals surface area contributed by atoms with Crippen LogP contribution in [0.2, 0.25) is 0 Å². The molecule has 1 aromatic carbocycles. The van der Waals surface area contributed by atoms with Crippen LogP contribution in [0.4, 0.5) is 5.13 Å². The lowest BCUT2D eigenvalue weighted by atomic mass is 10.2. The number of benzene rings is 1. The van der Waals surface area contributed by atoms with Gasteiger partial charge in [0, 0.05) is 12.3 Å². The smallest absolute Gasteiger partial charge is 0.306 e. The number of thioether (sulfide) groups is 1. The van der Waals surface area contributed by atoms with Gasteiger partial charge in [-0.05, 0) is 12.0 Å². The number of ether oxygens (including phenoxy) is 1. The zero-order valence-corrected chi connectivity index (χ0v) is 13.4. The van der Waals surface area contributed by atoms with Crippen molar-refractivity contribution >= 4 is 34.2 Å². The third-order valence-electron chi connectivity index (χ3n) is 2.70. The van der Waals surface area contributed by atoms with E-state index in [1.807, 2.05) is 18.2 Å². The van der Waals surface area contributed by atoms with Gasteiger partial charge in [-0.2, -0.15) is 0 Å². The summed E-state index contributed by atoms with van der Waals surface area (Å²) in [5.41, 5.74) is 1.29. The molecular formula is C14H17N3O2S2. The zero-order chi connectivity index (χ0) is 14.9. The topological polar surface area (TPSA) is 64.1 Å². The molecule has 5 nitrogen and oxygen atoms in total. The first kappa shape index (κ1) is 15.8. The van der Waals surface area contributed by atoms with Crippen LogP contribution in [0.25, 0.3) is 0 Å². The Kier molecular flexibility index (Phi) is 6.49. The molecule has 0 fully saturated rings. The summed E-state index contributed by atoms with van der Waals surface area (Å²) in [6.45, 7) is 0.825. The standard InChI is InChI=1S/C14H17N3O2S2/c1-19-12(18)8-10-20-14-17-16-13(21-14)15-9-7-11-5-3-2-4-6-11/h2-6H,7-10H2,1H3,(H,15,16). The molecular weight excluding hydrogens is 306 g/mol. The summed E-state index contributed by atoms with van der Waals surface area (Å²) in [6.07, 6.45) is 1.34. The molecule has 1 N–H and O–H groups in total. The van der Waals surface area contributed by atoms with E-state index < -0.39 is 0 Å². The Balaban J connectivity index is 1.69. The van der Waals surface area contributed by atoms with Crippen LogP contribution < -0.4 is 5.32 Å². The van der Waals surface area contributed by atoms with Gasteiger partial charge in [0.25, 0.3) is 0 Å². The van der Waals surface area contributed by atoms with Crippen LogP contribution >= 0.6 is 23.1 Å². The molecule has 1 aromatic heterocycles. The number of carbonyl (C=O) groups is 1. The second kappa shape index (κ2) is 8.63. The number of hydrogen-bond donors (Lipinski definition) is 1. The number of methoxy groups -OCH3 is 1. The van der Waals surface area contributed by atoms with E-state index in [-0.39, 0.29) is 5.97 Å². The second-order valence-corrected chi connectivity index (χ2v) is 6.53. The highest BCUT2D eigenvalue weighted by Crippen LogP contribution is 2.25. The summed E-state index contributed by atoms with van der Waals surface area (Å²) in [7, 11) is 1.40. The minimum Gasteiger partial charge on any atom is -0.469 e. The first-order chi connectivity index (χ1) is 10.3. The molecule has 0 atom stereocenters. The fourth-order valence-corrected chi connectivity index (χ4v) is 3.39. The van der Waals surface area contributed by atoms with Gasteiger partial charge in [-0.25, -0.2) is 0 Å². The minimum atomic E-state index is -0.201. The highest BCUT2D eigenvalue weighted by atomic mass is 32.2. The summed E-state index contributed by atoms with van der Waals surface area (Å²) in [4.78, 5) is 11.0. The highest BCUT2D eigenvalue weighted by Gasteiger charge is 2.06. The number of rotatable bonds is 8. The SMILES string of the molecule is COC(=O)CCSc1nnc(NCCc2ccccc2)s1. The van der Waals surface area contributed by atoms with E-state index in [9.17, 15) is 4.79 Å². The Hall–Kier alpha value is -1.60. The van der Waals surface area contributed by atoms with Crippen LogP contribution in [0.5, 0.6) is 0 Å². The minimum absolute atomic E-state index is 0.201. The Bertz CT molecular complexity index is 560. The van der Waals surface area contributed by atoms with Crippen molar-refractivity contribution in [3.05, 3.63) is 35.9 Å². The molecule has 1 heterocycles. The van der Waals surface area contributed by atoms with Gasteiger partial charge in [-0.1, -0.05) is 53.4 Å². The Labute approximate surface area is 132 Å². The Morgan fingerprint density at radius 1 is 1.33 bits per heavy atom. The highest BCUT2D eigenvalue weighted by molar-refractivity contribution is 8.01. The summed E-state index contributed by atoms with van der Waals surface area (Å²) < 4.78 is 5.45. The van der Waals surface area contributed by atoms with Crippen LogP contribution in [0.15, 0.2) is 34.7 Å². The molecule has 21 heavy (non-hydrogen) atoms. The van der Waals surface area contributed by atoms with Crippen molar-refractivity contribution in [1.29, 1.82) is 0 Å². The first-order valence-corrected chi connectivity index (χ1v) is 8.39. The summed E-state index contributed by atoms with van der Waals surface area (Å²) >= 11 is 3.02. The average molecular weight is 323 g/mol. The molecule has 0 radical (unpaired) electrons. The Morgan fingerprint density at radius 2 is 2.14 bits per heavy atom. The Morgan fingerprint density at radius 3 is 2.90 bits per heavy atom. The quantitative estimate of drug-likeness (QED) is 0.595. The molecule has 112 valence electrons. The number of carbonyl (C=O) groups excluding carboxylic acids is 1. The van der Waals surface area contributed by atoms with Gasteiger partial charge in [0.15, 0.2) is 4.34 Å². The van der Waals surface area contributed by atoms with E-state index in [1.165, 1.54) is 35.8 Å². The molecule has 2 aromatic rings. The van der Waals surface area contributed by atoms with Gasteiger partial charge >= 0.3 is 5.97 Å². The van der Waals surface area contributed by atoms with Crippen molar-refractivity contribution in [3.63, 3.8) is 0 Å².